The van der Waals surface area contributed by atoms with Crippen molar-refractivity contribution in [3.05, 3.63) is 60.3 Å². The molecule has 3 rings (SSSR count). The van der Waals surface area contributed by atoms with E-state index in [0.29, 0.717) is 42.1 Å². The van der Waals surface area contributed by atoms with E-state index in [1.54, 1.807) is 37.4 Å². The van der Waals surface area contributed by atoms with Gasteiger partial charge in [0.05, 0.1) is 32.8 Å². The summed E-state index contributed by atoms with van der Waals surface area (Å²) in [4.78, 5) is 19.1. The van der Waals surface area contributed by atoms with Crippen LogP contribution >= 0.6 is 62.5 Å². The predicted molar refractivity (Wildman–Crippen MR) is 118 cm³/mol. The maximum atomic E-state index is 12.6. The molecule has 140 valence electrons. The van der Waals surface area contributed by atoms with E-state index in [-0.39, 0.29) is 5.91 Å². The molecule has 0 aliphatic carbocycles. The van der Waals surface area contributed by atoms with Gasteiger partial charge in [-0.1, -0.05) is 34.8 Å². The maximum absolute atomic E-state index is 12.6. The van der Waals surface area contributed by atoms with Gasteiger partial charge in [-0.05, 0) is 69.7 Å². The molecule has 1 fully saturated rings. The van der Waals surface area contributed by atoms with E-state index < -0.39 is 0 Å². The Labute approximate surface area is 184 Å². The highest BCUT2D eigenvalue weighted by Gasteiger charge is 2.30. The SMILES string of the molecule is COc1c(Cl)cc(/C=C2\SC(=Nc3ccc(Br)c(Cl)c3)N(C)C2=O)cc1Cl. The molecule has 1 heterocycles. The fraction of sp³-hybridized carbons (Fsp3) is 0.111. The van der Waals surface area contributed by atoms with Gasteiger partial charge in [-0.25, -0.2) is 4.99 Å². The number of halogens is 4. The molecule has 27 heavy (non-hydrogen) atoms. The molecule has 4 nitrogen and oxygen atoms in total. The third kappa shape index (κ3) is 4.46. The average Bonchev–Trinajstić information content (AvgIpc) is 2.86. The quantitative estimate of drug-likeness (QED) is 0.438. The van der Waals surface area contributed by atoms with Crippen LogP contribution in [0.1, 0.15) is 5.56 Å². The lowest BCUT2D eigenvalue weighted by Gasteiger charge is -2.07. The summed E-state index contributed by atoms with van der Waals surface area (Å²) in [5, 5.41) is 1.85. The van der Waals surface area contributed by atoms with Crippen molar-refractivity contribution in [3.8, 4) is 5.75 Å². The summed E-state index contributed by atoms with van der Waals surface area (Å²) in [6.45, 7) is 0. The molecule has 0 radical (unpaired) electrons. The molecular weight excluding hydrogens is 495 g/mol. The zero-order valence-corrected chi connectivity index (χ0v) is 18.8. The predicted octanol–water partition coefficient (Wildman–Crippen LogP) is 6.65. The lowest BCUT2D eigenvalue weighted by molar-refractivity contribution is -0.121. The number of carbonyl (C=O) groups is 1. The Morgan fingerprint density at radius 2 is 1.81 bits per heavy atom. The van der Waals surface area contributed by atoms with Crippen molar-refractivity contribution >= 4 is 85.3 Å². The van der Waals surface area contributed by atoms with E-state index in [2.05, 4.69) is 20.9 Å². The molecule has 0 aromatic heterocycles. The molecule has 0 unspecified atom stereocenters. The van der Waals surface area contributed by atoms with Gasteiger partial charge in [0, 0.05) is 11.5 Å². The number of nitrogens with zero attached hydrogens (tertiary/aromatic N) is 2. The van der Waals surface area contributed by atoms with Crippen molar-refractivity contribution in [2.24, 2.45) is 4.99 Å². The van der Waals surface area contributed by atoms with Gasteiger partial charge in [0.1, 0.15) is 0 Å². The largest absolute Gasteiger partial charge is 0.494 e. The summed E-state index contributed by atoms with van der Waals surface area (Å²) in [6, 6.07) is 8.73. The molecule has 9 heteroatoms. The molecule has 0 N–H and O–H groups in total. The van der Waals surface area contributed by atoms with Gasteiger partial charge in [0.15, 0.2) is 10.9 Å². The molecule has 1 aliphatic rings. The molecule has 1 saturated heterocycles. The van der Waals surface area contributed by atoms with E-state index in [1.807, 2.05) is 6.07 Å². The number of hydrogen-bond acceptors (Lipinski definition) is 4. The number of ether oxygens (including phenoxy) is 1. The van der Waals surface area contributed by atoms with Crippen LogP contribution in [-0.4, -0.2) is 30.1 Å². The number of methoxy groups -OCH3 is 1. The molecule has 1 aliphatic heterocycles. The van der Waals surface area contributed by atoms with Crippen LogP contribution in [0.15, 0.2) is 44.7 Å². The van der Waals surface area contributed by atoms with Crippen molar-refractivity contribution in [3.63, 3.8) is 0 Å². The number of benzene rings is 2. The molecule has 2 aromatic rings. The number of hydrogen-bond donors (Lipinski definition) is 0. The van der Waals surface area contributed by atoms with Crippen molar-refractivity contribution in [2.45, 2.75) is 0 Å². The average molecular weight is 507 g/mol. The summed E-state index contributed by atoms with van der Waals surface area (Å²) in [7, 11) is 3.16. The second-order valence-electron chi connectivity index (χ2n) is 5.49. The Bertz CT molecular complexity index is 972. The van der Waals surface area contributed by atoms with E-state index >= 15 is 0 Å². The molecule has 2 aromatic carbocycles. The first kappa shape index (κ1) is 20.6. The van der Waals surface area contributed by atoms with Crippen LogP contribution in [0.25, 0.3) is 6.08 Å². The molecule has 0 bridgehead atoms. The molecule has 1 amide bonds. The number of carbonyl (C=O) groups excluding carboxylic acids is 1. The fourth-order valence-electron chi connectivity index (χ4n) is 2.33. The third-order valence-corrected chi connectivity index (χ3v) is 6.51. The highest BCUT2D eigenvalue weighted by atomic mass is 79.9. The zero-order valence-electron chi connectivity index (χ0n) is 14.1. The molecule has 0 saturated carbocycles. The highest BCUT2D eigenvalue weighted by Crippen LogP contribution is 2.38. The van der Waals surface area contributed by atoms with Crippen LogP contribution in [0.3, 0.4) is 0 Å². The lowest BCUT2D eigenvalue weighted by Crippen LogP contribution is -2.23. The number of likely N-dealkylation sites (N-methyl/N-ethyl adjacent to an activating group) is 1. The van der Waals surface area contributed by atoms with E-state index in [4.69, 9.17) is 39.5 Å². The first-order valence-corrected chi connectivity index (χ1v) is 10.3. The van der Waals surface area contributed by atoms with Gasteiger partial charge in [-0.3, -0.25) is 9.69 Å². The van der Waals surface area contributed by atoms with Gasteiger partial charge in [0.2, 0.25) is 0 Å². The normalized spacial score (nSPS) is 17.3. The Morgan fingerprint density at radius 1 is 1.15 bits per heavy atom. The summed E-state index contributed by atoms with van der Waals surface area (Å²) < 4.78 is 5.93. The van der Waals surface area contributed by atoms with Gasteiger partial charge < -0.3 is 4.74 Å². The monoisotopic (exact) mass is 504 g/mol. The Hall–Kier alpha value is -1.18. The van der Waals surface area contributed by atoms with Crippen LogP contribution < -0.4 is 4.74 Å². The zero-order chi connectivity index (χ0) is 19.7. The van der Waals surface area contributed by atoms with E-state index in [0.717, 1.165) is 4.47 Å². The van der Waals surface area contributed by atoms with E-state index in [9.17, 15) is 4.79 Å². The van der Waals surface area contributed by atoms with Gasteiger partial charge in [-0.2, -0.15) is 0 Å². The maximum Gasteiger partial charge on any atom is 0.266 e. The first-order valence-electron chi connectivity index (χ1n) is 7.54. The van der Waals surface area contributed by atoms with Crippen molar-refractivity contribution in [1.82, 2.24) is 4.90 Å². The standard InChI is InChI=1S/C18H12BrCl3N2O2S/c1-24-17(25)15(7-9-5-13(21)16(26-2)14(22)6-9)27-18(24)23-10-3-4-11(19)12(20)8-10/h3-8H,1-2H3/b15-7-,23-18?. The van der Waals surface area contributed by atoms with Crippen molar-refractivity contribution < 1.29 is 9.53 Å². The fourth-order valence-corrected chi connectivity index (χ4v) is 4.39. The number of aliphatic imine (C=N–C) groups is 1. The molecular formula is C18H12BrCl3N2O2S. The smallest absolute Gasteiger partial charge is 0.266 e. The minimum Gasteiger partial charge on any atom is -0.494 e. The Kier molecular flexibility index (Phi) is 6.43. The summed E-state index contributed by atoms with van der Waals surface area (Å²) >= 11 is 23.0. The van der Waals surface area contributed by atoms with Crippen LogP contribution in [0.4, 0.5) is 5.69 Å². The van der Waals surface area contributed by atoms with Crippen molar-refractivity contribution in [2.75, 3.05) is 14.2 Å². The van der Waals surface area contributed by atoms with Crippen LogP contribution in [0.5, 0.6) is 5.75 Å². The third-order valence-electron chi connectivity index (χ3n) is 3.65. The second kappa shape index (κ2) is 8.45. The minimum absolute atomic E-state index is 0.162. The second-order valence-corrected chi connectivity index (χ2v) is 8.57. The van der Waals surface area contributed by atoms with E-state index in [1.165, 1.54) is 23.8 Å². The topological polar surface area (TPSA) is 41.9 Å². The van der Waals surface area contributed by atoms with Crippen LogP contribution in [0, 0.1) is 0 Å². The van der Waals surface area contributed by atoms with Gasteiger partial charge in [-0.15, -0.1) is 0 Å². The summed E-state index contributed by atoms with van der Waals surface area (Å²) in [5.74, 6) is 0.238. The lowest BCUT2D eigenvalue weighted by atomic mass is 10.2. The number of amidine groups is 1. The minimum atomic E-state index is -0.162. The summed E-state index contributed by atoms with van der Waals surface area (Å²) in [5.41, 5.74) is 1.35. The van der Waals surface area contributed by atoms with Crippen LogP contribution in [0.2, 0.25) is 15.1 Å². The Morgan fingerprint density at radius 3 is 2.41 bits per heavy atom. The Balaban J connectivity index is 1.93. The number of amides is 1. The van der Waals surface area contributed by atoms with Gasteiger partial charge >= 0.3 is 0 Å². The summed E-state index contributed by atoms with van der Waals surface area (Å²) in [6.07, 6.45) is 1.72. The van der Waals surface area contributed by atoms with Crippen LogP contribution in [-0.2, 0) is 4.79 Å². The van der Waals surface area contributed by atoms with Crippen molar-refractivity contribution in [1.29, 1.82) is 0 Å². The van der Waals surface area contributed by atoms with Gasteiger partial charge in [0.25, 0.3) is 5.91 Å². The number of thioether (sulfide) groups is 1. The molecule has 0 spiro atoms. The number of rotatable bonds is 3. The highest BCUT2D eigenvalue weighted by molar-refractivity contribution is 9.10. The molecule has 0 atom stereocenters. The first-order chi connectivity index (χ1) is 12.8.